The first-order valence-electron chi connectivity index (χ1n) is 14.4. The Morgan fingerprint density at radius 1 is 0.976 bits per heavy atom. The van der Waals surface area contributed by atoms with Crippen LogP contribution < -0.4 is 10.3 Å². The highest BCUT2D eigenvalue weighted by molar-refractivity contribution is 5.79. The molecule has 0 saturated carbocycles. The zero-order valence-electron chi connectivity index (χ0n) is 24.9. The molecule has 0 unspecified atom stereocenters. The van der Waals surface area contributed by atoms with E-state index < -0.39 is 11.6 Å². The van der Waals surface area contributed by atoms with Crippen molar-refractivity contribution in [3.05, 3.63) is 111 Å². The molecule has 7 heteroatoms. The highest BCUT2D eigenvalue weighted by Gasteiger charge is 2.31. The predicted molar refractivity (Wildman–Crippen MR) is 164 cm³/mol. The molecule has 0 aliphatic carbocycles. The van der Waals surface area contributed by atoms with Gasteiger partial charge in [-0.25, -0.2) is 4.79 Å². The minimum absolute atomic E-state index is 0.207. The van der Waals surface area contributed by atoms with Crippen LogP contribution in [0.4, 0.5) is 0 Å². The van der Waals surface area contributed by atoms with Gasteiger partial charge in [0.25, 0.3) is 5.56 Å². The molecule has 42 heavy (non-hydrogen) atoms. The zero-order valence-corrected chi connectivity index (χ0v) is 24.9. The second-order valence-electron chi connectivity index (χ2n) is 10.6. The minimum Gasteiger partial charge on any atom is -0.476 e. The van der Waals surface area contributed by atoms with E-state index in [4.69, 9.17) is 9.47 Å². The average Bonchev–Trinajstić information content (AvgIpc) is 2.99. The largest absolute Gasteiger partial charge is 0.476 e. The molecule has 0 aliphatic rings. The van der Waals surface area contributed by atoms with Gasteiger partial charge in [-0.05, 0) is 74.2 Å². The molecule has 0 spiro atoms. The molecule has 0 radical (unpaired) electrons. The molecule has 1 aromatic heterocycles. The van der Waals surface area contributed by atoms with Crippen LogP contribution in [0.1, 0.15) is 69.2 Å². The summed E-state index contributed by atoms with van der Waals surface area (Å²) in [5.74, 6) is 0.805. The molecule has 1 heterocycles. The van der Waals surface area contributed by atoms with E-state index in [-0.39, 0.29) is 12.2 Å². The van der Waals surface area contributed by atoms with Crippen LogP contribution in [0.15, 0.2) is 77.6 Å². The van der Waals surface area contributed by atoms with Gasteiger partial charge in [-0.3, -0.25) is 4.79 Å². The van der Waals surface area contributed by atoms with Gasteiger partial charge in [0.05, 0.1) is 18.2 Å². The van der Waals surface area contributed by atoms with Gasteiger partial charge >= 0.3 is 5.97 Å². The highest BCUT2D eigenvalue weighted by atomic mass is 16.6. The Morgan fingerprint density at radius 3 is 2.29 bits per heavy atom. The van der Waals surface area contributed by atoms with Gasteiger partial charge in [-0.15, -0.1) is 0 Å². The number of rotatable bonds is 11. The fourth-order valence-electron chi connectivity index (χ4n) is 5.01. The average molecular weight is 564 g/mol. The third-order valence-electron chi connectivity index (χ3n) is 7.10. The number of ether oxygens (including phenoxy) is 2. The number of esters is 1. The molecule has 0 atom stereocenters. The van der Waals surface area contributed by atoms with Crippen molar-refractivity contribution in [3.63, 3.8) is 0 Å². The monoisotopic (exact) mass is 563 g/mol. The molecule has 3 aromatic carbocycles. The third-order valence-corrected chi connectivity index (χ3v) is 7.10. The molecule has 216 valence electrons. The lowest BCUT2D eigenvalue weighted by molar-refractivity contribution is -0.158. The number of hydrogen-bond donors (Lipinski definition) is 0. The van der Waals surface area contributed by atoms with Gasteiger partial charge in [-0.2, -0.15) is 10.2 Å². The lowest BCUT2D eigenvalue weighted by atomic mass is 9.96. The maximum absolute atomic E-state index is 13.4. The molecule has 0 fully saturated rings. The summed E-state index contributed by atoms with van der Waals surface area (Å²) in [5, 5.41) is 9.49. The summed E-state index contributed by atoms with van der Waals surface area (Å²) in [4.78, 5) is 30.2. The van der Waals surface area contributed by atoms with Crippen molar-refractivity contribution in [1.82, 2.24) is 9.55 Å². The molecule has 4 aromatic rings. The Hall–Kier alpha value is -4.70. The van der Waals surface area contributed by atoms with Crippen LogP contribution in [0.25, 0.3) is 16.8 Å². The fourth-order valence-corrected chi connectivity index (χ4v) is 5.01. The number of nitrogens with zero attached hydrogens (tertiary/aromatic N) is 3. The molecule has 0 amide bonds. The summed E-state index contributed by atoms with van der Waals surface area (Å²) in [7, 11) is 0. The SMILES string of the molecule is CCCc1c(Cc2ccc(-c3ccccc3C#N)cc2)c(=O)nc(CC)n1-c1ccc(OC(C)(C)C(=O)OCC)cc1. The van der Waals surface area contributed by atoms with Crippen LogP contribution in [-0.4, -0.2) is 27.7 Å². The van der Waals surface area contributed by atoms with E-state index in [1.165, 1.54) is 0 Å². The molecular formula is C35H37N3O4. The van der Waals surface area contributed by atoms with Crippen LogP contribution in [0.3, 0.4) is 0 Å². The van der Waals surface area contributed by atoms with Crippen molar-refractivity contribution in [3.8, 4) is 28.6 Å². The van der Waals surface area contributed by atoms with Gasteiger partial charge in [0.15, 0.2) is 5.60 Å². The van der Waals surface area contributed by atoms with Crippen molar-refractivity contribution < 1.29 is 14.3 Å². The zero-order chi connectivity index (χ0) is 30.3. The van der Waals surface area contributed by atoms with E-state index in [0.717, 1.165) is 34.5 Å². The summed E-state index contributed by atoms with van der Waals surface area (Å²) in [6, 6.07) is 25.3. The maximum atomic E-state index is 13.4. The Bertz CT molecular complexity index is 1650. The molecule has 0 N–H and O–H groups in total. The van der Waals surface area contributed by atoms with Crippen LogP contribution in [0.5, 0.6) is 5.75 Å². The first-order valence-corrected chi connectivity index (χ1v) is 14.4. The number of carbonyl (C=O) groups excluding carboxylic acids is 1. The summed E-state index contributed by atoms with van der Waals surface area (Å²) in [5.41, 5.74) is 4.59. The topological polar surface area (TPSA) is 94.2 Å². The molecule has 4 rings (SSSR count). The second kappa shape index (κ2) is 13.3. The van der Waals surface area contributed by atoms with E-state index in [0.29, 0.717) is 42.0 Å². The van der Waals surface area contributed by atoms with Gasteiger partial charge in [-0.1, -0.05) is 62.7 Å². The number of aromatic nitrogens is 2. The summed E-state index contributed by atoms with van der Waals surface area (Å²) in [6.45, 7) is 9.50. The lowest BCUT2D eigenvalue weighted by Gasteiger charge is -2.25. The summed E-state index contributed by atoms with van der Waals surface area (Å²) in [6.07, 6.45) is 2.61. The van der Waals surface area contributed by atoms with E-state index in [9.17, 15) is 14.9 Å². The van der Waals surface area contributed by atoms with Gasteiger partial charge in [0, 0.05) is 29.8 Å². The fraction of sp³-hybridized carbons (Fsp3) is 0.314. The second-order valence-corrected chi connectivity index (χ2v) is 10.6. The summed E-state index contributed by atoms with van der Waals surface area (Å²) >= 11 is 0. The Kier molecular flexibility index (Phi) is 9.59. The predicted octanol–water partition coefficient (Wildman–Crippen LogP) is 6.60. The van der Waals surface area contributed by atoms with E-state index >= 15 is 0 Å². The van der Waals surface area contributed by atoms with Gasteiger partial charge < -0.3 is 14.0 Å². The van der Waals surface area contributed by atoms with Crippen molar-refractivity contribution >= 4 is 5.97 Å². The van der Waals surface area contributed by atoms with Crippen LogP contribution in [-0.2, 0) is 28.8 Å². The summed E-state index contributed by atoms with van der Waals surface area (Å²) < 4.78 is 13.2. The third kappa shape index (κ3) is 6.60. The van der Waals surface area contributed by atoms with Crippen LogP contribution in [0, 0.1) is 11.3 Å². The van der Waals surface area contributed by atoms with Gasteiger partial charge in [0.2, 0.25) is 0 Å². The Labute approximate surface area is 247 Å². The van der Waals surface area contributed by atoms with Crippen LogP contribution in [0.2, 0.25) is 0 Å². The number of carbonyl (C=O) groups is 1. The molecule has 0 saturated heterocycles. The highest BCUT2D eigenvalue weighted by Crippen LogP contribution is 2.27. The normalized spacial score (nSPS) is 11.1. The van der Waals surface area contributed by atoms with E-state index in [1.54, 1.807) is 20.8 Å². The van der Waals surface area contributed by atoms with Crippen LogP contribution >= 0.6 is 0 Å². The van der Waals surface area contributed by atoms with Crippen molar-refractivity contribution in [2.24, 2.45) is 0 Å². The number of nitriles is 1. The molecule has 7 nitrogen and oxygen atoms in total. The number of aryl methyl sites for hydroxylation is 1. The minimum atomic E-state index is -1.13. The quantitative estimate of drug-likeness (QED) is 0.191. The first kappa shape index (κ1) is 30.3. The molecular weight excluding hydrogens is 526 g/mol. The smallest absolute Gasteiger partial charge is 0.349 e. The maximum Gasteiger partial charge on any atom is 0.349 e. The molecule has 0 bridgehead atoms. The van der Waals surface area contributed by atoms with Crippen molar-refractivity contribution in [1.29, 1.82) is 5.26 Å². The van der Waals surface area contributed by atoms with Crippen molar-refractivity contribution in [2.45, 2.75) is 65.9 Å². The van der Waals surface area contributed by atoms with Gasteiger partial charge in [0.1, 0.15) is 11.6 Å². The first-order chi connectivity index (χ1) is 20.2. The number of benzene rings is 3. The Morgan fingerprint density at radius 2 is 1.67 bits per heavy atom. The molecule has 0 aliphatic heterocycles. The van der Waals surface area contributed by atoms with E-state index in [2.05, 4.69) is 22.5 Å². The van der Waals surface area contributed by atoms with Crippen molar-refractivity contribution in [2.75, 3.05) is 6.61 Å². The lowest BCUT2D eigenvalue weighted by Crippen LogP contribution is -2.39. The van der Waals surface area contributed by atoms with E-state index in [1.807, 2.05) is 79.7 Å². The number of hydrogen-bond acceptors (Lipinski definition) is 6. The standard InChI is InChI=1S/C35H37N3O4/c1-6-11-31-30(22-24-14-16-25(17-15-24)29-13-10-9-12-26(29)23-36)33(39)37-32(7-2)38(31)27-18-20-28(21-19-27)42-35(4,5)34(40)41-8-3/h9-10,12-21H,6-8,11,22H2,1-5H3. The Balaban J connectivity index is 1.70.